The Morgan fingerprint density at radius 2 is 2.11 bits per heavy atom. The molecular weight excluding hydrogens is 320 g/mol. The molecule has 0 saturated heterocycles. The van der Waals surface area contributed by atoms with Gasteiger partial charge in [-0.2, -0.15) is 0 Å². The summed E-state index contributed by atoms with van der Waals surface area (Å²) in [6.07, 6.45) is 5.45. The highest BCUT2D eigenvalue weighted by Gasteiger charge is 2.27. The van der Waals surface area contributed by atoms with Gasteiger partial charge in [0.05, 0.1) is 0 Å². The Kier molecular flexibility index (Phi) is 5.87. The third kappa shape index (κ3) is 4.28. The minimum absolute atomic E-state index is 0.536. The van der Waals surface area contributed by atoms with E-state index in [9.17, 15) is 0 Å². The molecule has 1 atom stereocenters. The molecule has 2 nitrogen and oxygen atoms in total. The molecule has 19 heavy (non-hydrogen) atoms. The summed E-state index contributed by atoms with van der Waals surface area (Å²) in [4.78, 5) is 3.87. The van der Waals surface area contributed by atoms with Crippen molar-refractivity contribution in [3.8, 4) is 0 Å². The van der Waals surface area contributed by atoms with E-state index in [1.807, 2.05) is 11.3 Å². The highest BCUT2D eigenvalue weighted by atomic mass is 79.9. The molecule has 1 heterocycles. The van der Waals surface area contributed by atoms with E-state index in [4.69, 9.17) is 5.73 Å². The van der Waals surface area contributed by atoms with Crippen molar-refractivity contribution >= 4 is 27.3 Å². The van der Waals surface area contributed by atoms with E-state index in [0.29, 0.717) is 6.04 Å². The van der Waals surface area contributed by atoms with Crippen molar-refractivity contribution in [2.24, 2.45) is 17.6 Å². The second-order valence-corrected chi connectivity index (χ2v) is 7.88. The summed E-state index contributed by atoms with van der Waals surface area (Å²) in [7, 11) is 2.23. The summed E-state index contributed by atoms with van der Waals surface area (Å²) in [5, 5.41) is 2.16. The van der Waals surface area contributed by atoms with Crippen molar-refractivity contribution in [2.75, 3.05) is 13.6 Å². The topological polar surface area (TPSA) is 29.3 Å². The molecule has 1 aromatic heterocycles. The molecule has 1 aromatic rings. The smallest absolute Gasteiger partial charge is 0.0328 e. The molecule has 0 spiro atoms. The molecule has 0 radical (unpaired) electrons. The van der Waals surface area contributed by atoms with Crippen LogP contribution in [0.2, 0.25) is 0 Å². The van der Waals surface area contributed by atoms with E-state index in [-0.39, 0.29) is 0 Å². The Labute approximate surface area is 129 Å². The predicted octanol–water partition coefficient (Wildman–Crippen LogP) is 4.10. The van der Waals surface area contributed by atoms with E-state index in [0.717, 1.165) is 24.9 Å². The fourth-order valence-electron chi connectivity index (χ4n) is 3.20. The number of hydrogen-bond donors (Lipinski definition) is 1. The van der Waals surface area contributed by atoms with E-state index >= 15 is 0 Å². The Morgan fingerprint density at radius 1 is 1.42 bits per heavy atom. The lowest BCUT2D eigenvalue weighted by atomic mass is 9.79. The van der Waals surface area contributed by atoms with Crippen LogP contribution in [-0.4, -0.2) is 24.5 Å². The number of thiophene rings is 1. The van der Waals surface area contributed by atoms with Crippen LogP contribution in [0.1, 0.15) is 37.5 Å². The predicted molar refractivity (Wildman–Crippen MR) is 87.5 cm³/mol. The highest BCUT2D eigenvalue weighted by Crippen LogP contribution is 2.32. The van der Waals surface area contributed by atoms with Gasteiger partial charge in [0.15, 0.2) is 0 Å². The van der Waals surface area contributed by atoms with Crippen LogP contribution in [0.5, 0.6) is 0 Å². The summed E-state index contributed by atoms with van der Waals surface area (Å²) in [6, 6.07) is 2.76. The first-order valence-electron chi connectivity index (χ1n) is 7.23. The summed E-state index contributed by atoms with van der Waals surface area (Å²) < 4.78 is 1.19. The summed E-state index contributed by atoms with van der Waals surface area (Å²) in [5.74, 6) is 1.70. The maximum absolute atomic E-state index is 6.05. The van der Waals surface area contributed by atoms with Gasteiger partial charge in [-0.05, 0) is 53.7 Å². The fraction of sp³-hybridized carbons (Fsp3) is 0.733. The number of rotatable bonds is 5. The summed E-state index contributed by atoms with van der Waals surface area (Å²) in [5.41, 5.74) is 6.05. The lowest BCUT2D eigenvalue weighted by Crippen LogP contribution is -2.44. The van der Waals surface area contributed by atoms with E-state index in [1.165, 1.54) is 35.0 Å². The van der Waals surface area contributed by atoms with Gasteiger partial charge in [-0.1, -0.05) is 19.8 Å². The first-order valence-corrected chi connectivity index (χ1v) is 8.90. The van der Waals surface area contributed by atoms with Crippen molar-refractivity contribution in [3.63, 3.8) is 0 Å². The SMILES string of the molecule is CC1CCC(C(CN)N(C)Cc2cc(Br)cs2)CC1. The Balaban J connectivity index is 1.92. The van der Waals surface area contributed by atoms with Crippen LogP contribution in [0, 0.1) is 11.8 Å². The van der Waals surface area contributed by atoms with Crippen LogP contribution >= 0.6 is 27.3 Å². The third-order valence-corrected chi connectivity index (χ3v) is 6.12. The van der Waals surface area contributed by atoms with Gasteiger partial charge in [0.25, 0.3) is 0 Å². The number of hydrogen-bond acceptors (Lipinski definition) is 3. The molecule has 1 aliphatic carbocycles. The van der Waals surface area contributed by atoms with Gasteiger partial charge in [0.1, 0.15) is 0 Å². The first kappa shape index (κ1) is 15.5. The van der Waals surface area contributed by atoms with Crippen LogP contribution in [0.25, 0.3) is 0 Å². The monoisotopic (exact) mass is 344 g/mol. The molecule has 0 aromatic carbocycles. The van der Waals surface area contributed by atoms with Crippen molar-refractivity contribution in [1.29, 1.82) is 0 Å². The Hall–Kier alpha value is 0.1000. The van der Waals surface area contributed by atoms with Crippen molar-refractivity contribution in [2.45, 2.75) is 45.2 Å². The molecule has 4 heteroatoms. The number of nitrogens with zero attached hydrogens (tertiary/aromatic N) is 1. The molecule has 2 N–H and O–H groups in total. The molecule has 1 unspecified atom stereocenters. The van der Waals surface area contributed by atoms with Crippen LogP contribution in [0.3, 0.4) is 0 Å². The standard InChI is InChI=1S/C15H25BrN2S/c1-11-3-5-12(6-4-11)15(8-17)18(2)9-14-7-13(16)10-19-14/h7,10-12,15H,3-6,8-9,17H2,1-2H3. The van der Waals surface area contributed by atoms with Gasteiger partial charge in [0.2, 0.25) is 0 Å². The second kappa shape index (κ2) is 7.21. The zero-order chi connectivity index (χ0) is 13.8. The molecule has 1 aliphatic rings. The van der Waals surface area contributed by atoms with Gasteiger partial charge < -0.3 is 5.73 Å². The Morgan fingerprint density at radius 3 is 2.63 bits per heavy atom. The van der Waals surface area contributed by atoms with Gasteiger partial charge in [-0.15, -0.1) is 11.3 Å². The van der Waals surface area contributed by atoms with Crippen LogP contribution < -0.4 is 5.73 Å². The number of halogens is 1. The van der Waals surface area contributed by atoms with Gasteiger partial charge in [0, 0.05) is 33.9 Å². The molecule has 1 fully saturated rings. The fourth-order valence-corrected chi connectivity index (χ4v) is 4.72. The number of likely N-dealkylation sites (N-methyl/N-ethyl adjacent to an activating group) is 1. The summed E-state index contributed by atoms with van der Waals surface area (Å²) >= 11 is 5.35. The average Bonchev–Trinajstić information content (AvgIpc) is 2.78. The number of nitrogens with two attached hydrogens (primary N) is 1. The largest absolute Gasteiger partial charge is 0.329 e. The average molecular weight is 345 g/mol. The molecule has 2 rings (SSSR count). The minimum Gasteiger partial charge on any atom is -0.329 e. The van der Waals surface area contributed by atoms with Crippen molar-refractivity contribution in [3.05, 3.63) is 20.8 Å². The zero-order valence-corrected chi connectivity index (χ0v) is 14.3. The molecule has 0 aliphatic heterocycles. The van der Waals surface area contributed by atoms with E-state index in [1.54, 1.807) is 0 Å². The lowest BCUT2D eigenvalue weighted by molar-refractivity contribution is 0.131. The first-order chi connectivity index (χ1) is 9.10. The lowest BCUT2D eigenvalue weighted by Gasteiger charge is -2.37. The maximum atomic E-state index is 6.05. The molecule has 108 valence electrons. The highest BCUT2D eigenvalue weighted by molar-refractivity contribution is 9.10. The molecule has 0 bridgehead atoms. The minimum atomic E-state index is 0.536. The van der Waals surface area contributed by atoms with Crippen LogP contribution in [0.15, 0.2) is 15.9 Å². The van der Waals surface area contributed by atoms with Crippen molar-refractivity contribution < 1.29 is 0 Å². The summed E-state index contributed by atoms with van der Waals surface area (Å²) in [6.45, 7) is 4.17. The zero-order valence-electron chi connectivity index (χ0n) is 11.9. The van der Waals surface area contributed by atoms with Crippen molar-refractivity contribution in [1.82, 2.24) is 4.90 Å². The van der Waals surface area contributed by atoms with Crippen LogP contribution in [0.4, 0.5) is 0 Å². The molecule has 0 amide bonds. The maximum Gasteiger partial charge on any atom is 0.0328 e. The van der Waals surface area contributed by atoms with E-state index in [2.05, 4.69) is 46.2 Å². The van der Waals surface area contributed by atoms with Crippen LogP contribution in [-0.2, 0) is 6.54 Å². The normalized spacial score (nSPS) is 25.7. The third-order valence-electron chi connectivity index (χ3n) is 4.44. The van der Waals surface area contributed by atoms with Gasteiger partial charge >= 0.3 is 0 Å². The Bertz CT molecular complexity index is 385. The van der Waals surface area contributed by atoms with Gasteiger partial charge in [-0.3, -0.25) is 4.90 Å². The van der Waals surface area contributed by atoms with Gasteiger partial charge in [-0.25, -0.2) is 0 Å². The quantitative estimate of drug-likeness (QED) is 0.871. The second-order valence-electron chi connectivity index (χ2n) is 5.97. The van der Waals surface area contributed by atoms with E-state index < -0.39 is 0 Å². The molecule has 1 saturated carbocycles. The molecular formula is C15H25BrN2S.